The second-order valence-electron chi connectivity index (χ2n) is 14.3. The van der Waals surface area contributed by atoms with Gasteiger partial charge in [0.05, 0.1) is 12.5 Å². The molecule has 3 heteroatoms. The lowest BCUT2D eigenvalue weighted by atomic mass is 9.77. The fraction of sp³-hybridized carbons (Fsp3) is 0.811. The van der Waals surface area contributed by atoms with Crippen LogP contribution in [0.5, 0.6) is 5.75 Å². The Labute approximate surface area is 249 Å². The van der Waals surface area contributed by atoms with E-state index in [2.05, 4.69) is 60.6 Å². The van der Waals surface area contributed by atoms with Gasteiger partial charge in [0, 0.05) is 0 Å². The molecule has 3 nitrogen and oxygen atoms in total. The number of phenolic OH excluding ortho intramolecular Hbond substituents is 1. The summed E-state index contributed by atoms with van der Waals surface area (Å²) in [6.45, 7) is 17.4. The lowest BCUT2D eigenvalue weighted by Crippen LogP contribution is -2.22. The van der Waals surface area contributed by atoms with Gasteiger partial charge in [0.2, 0.25) is 0 Å². The number of rotatable bonds is 21. The maximum Gasteiger partial charge on any atom is 0.309 e. The smallest absolute Gasteiger partial charge is 0.309 e. The summed E-state index contributed by atoms with van der Waals surface area (Å²) in [6, 6.07) is 4.23. The van der Waals surface area contributed by atoms with E-state index in [4.69, 9.17) is 4.74 Å². The molecule has 1 unspecified atom stereocenters. The van der Waals surface area contributed by atoms with Crippen LogP contribution in [0.15, 0.2) is 12.1 Å². The molecule has 1 aromatic rings. The van der Waals surface area contributed by atoms with Gasteiger partial charge in [0.15, 0.2) is 0 Å². The fourth-order valence-corrected chi connectivity index (χ4v) is 5.74. The van der Waals surface area contributed by atoms with Gasteiger partial charge in [0.25, 0.3) is 0 Å². The van der Waals surface area contributed by atoms with Crippen molar-refractivity contribution in [2.75, 3.05) is 6.61 Å². The summed E-state index contributed by atoms with van der Waals surface area (Å²) in [5, 5.41) is 11.1. The number of carbonyl (C=O) groups excluding carboxylic acids is 1. The van der Waals surface area contributed by atoms with Crippen LogP contribution in [0.4, 0.5) is 0 Å². The van der Waals surface area contributed by atoms with Gasteiger partial charge in [0.1, 0.15) is 5.75 Å². The Morgan fingerprint density at radius 2 is 1.05 bits per heavy atom. The fourth-order valence-electron chi connectivity index (χ4n) is 5.74. The minimum Gasteiger partial charge on any atom is -0.507 e. The maximum absolute atomic E-state index is 12.9. The number of benzene rings is 1. The normalized spacial score (nSPS) is 13.0. The number of hydrogen-bond acceptors (Lipinski definition) is 3. The molecule has 0 amide bonds. The van der Waals surface area contributed by atoms with Crippen molar-refractivity contribution >= 4 is 5.97 Å². The average Bonchev–Trinajstić information content (AvgIpc) is 2.87. The third-order valence-electron chi connectivity index (χ3n) is 8.29. The zero-order valence-corrected chi connectivity index (χ0v) is 27.9. The van der Waals surface area contributed by atoms with Crippen molar-refractivity contribution in [1.82, 2.24) is 0 Å². The van der Waals surface area contributed by atoms with E-state index in [0.717, 1.165) is 29.5 Å². The number of carbonyl (C=O) groups is 1. The number of ether oxygens (including phenoxy) is 1. The van der Waals surface area contributed by atoms with Crippen molar-refractivity contribution in [2.45, 2.75) is 182 Å². The van der Waals surface area contributed by atoms with E-state index in [1.165, 1.54) is 96.3 Å². The highest BCUT2D eigenvalue weighted by Crippen LogP contribution is 2.40. The largest absolute Gasteiger partial charge is 0.507 e. The second-order valence-corrected chi connectivity index (χ2v) is 14.3. The first kappa shape index (κ1) is 36.5. The minimum atomic E-state index is -0.173. The first-order valence-electron chi connectivity index (χ1n) is 16.9. The molecule has 0 saturated carbocycles. The third kappa shape index (κ3) is 14.9. The molecule has 0 aliphatic heterocycles. The van der Waals surface area contributed by atoms with Gasteiger partial charge in [-0.1, -0.05) is 163 Å². The van der Waals surface area contributed by atoms with Gasteiger partial charge in [-0.05, 0) is 47.3 Å². The molecule has 0 saturated heterocycles. The highest BCUT2D eigenvalue weighted by molar-refractivity contribution is 5.73. The molecule has 0 aromatic heterocycles. The predicted octanol–water partition coefficient (Wildman–Crippen LogP) is 11.4. The topological polar surface area (TPSA) is 46.5 Å². The zero-order valence-electron chi connectivity index (χ0n) is 27.9. The number of hydrogen-bond donors (Lipinski definition) is 1. The summed E-state index contributed by atoms with van der Waals surface area (Å²) < 4.78 is 5.49. The molecule has 0 fully saturated rings. The molecule has 0 spiro atoms. The van der Waals surface area contributed by atoms with Crippen molar-refractivity contribution in [3.63, 3.8) is 0 Å². The molecule has 40 heavy (non-hydrogen) atoms. The number of aromatic hydroxyl groups is 1. The Morgan fingerprint density at radius 3 is 1.40 bits per heavy atom. The molecular weight excluding hydrogens is 492 g/mol. The Kier molecular flexibility index (Phi) is 17.9. The molecule has 0 radical (unpaired) electrons. The van der Waals surface area contributed by atoms with Crippen LogP contribution >= 0.6 is 0 Å². The second kappa shape index (κ2) is 19.6. The van der Waals surface area contributed by atoms with Crippen molar-refractivity contribution in [3.8, 4) is 5.75 Å². The van der Waals surface area contributed by atoms with Crippen LogP contribution in [-0.2, 0) is 26.8 Å². The van der Waals surface area contributed by atoms with Crippen molar-refractivity contribution in [3.05, 3.63) is 28.8 Å². The first-order valence-corrected chi connectivity index (χ1v) is 16.9. The van der Waals surface area contributed by atoms with E-state index in [0.29, 0.717) is 18.8 Å². The van der Waals surface area contributed by atoms with Gasteiger partial charge in [-0.25, -0.2) is 0 Å². The van der Waals surface area contributed by atoms with Crippen LogP contribution in [0.1, 0.15) is 181 Å². The van der Waals surface area contributed by atoms with Gasteiger partial charge in [-0.3, -0.25) is 4.79 Å². The van der Waals surface area contributed by atoms with Crippen LogP contribution in [0, 0.1) is 5.92 Å². The van der Waals surface area contributed by atoms with Crippen LogP contribution in [0.25, 0.3) is 0 Å². The molecule has 0 heterocycles. The van der Waals surface area contributed by atoms with Crippen molar-refractivity contribution in [1.29, 1.82) is 0 Å². The molecule has 0 bridgehead atoms. The highest BCUT2D eigenvalue weighted by Gasteiger charge is 2.28. The lowest BCUT2D eigenvalue weighted by Gasteiger charge is -2.29. The molecule has 1 N–H and O–H groups in total. The standard InChI is InChI=1S/C37H66O3/c1-9-11-12-13-14-15-16-17-18-19-20-21-22-23-24-25-26-31(35(39)40-10-2)27-30-28-32(36(3,4)5)34(38)33(29-30)37(6,7)8/h28-29,31,38H,9-27H2,1-8H3. The van der Waals surface area contributed by atoms with Gasteiger partial charge < -0.3 is 9.84 Å². The molecule has 1 atom stereocenters. The molecule has 232 valence electrons. The minimum absolute atomic E-state index is 0.0776. The van der Waals surface area contributed by atoms with E-state index >= 15 is 0 Å². The van der Waals surface area contributed by atoms with E-state index in [-0.39, 0.29) is 22.7 Å². The summed E-state index contributed by atoms with van der Waals surface area (Å²) in [5.41, 5.74) is 2.70. The van der Waals surface area contributed by atoms with Crippen LogP contribution in [-0.4, -0.2) is 17.7 Å². The van der Waals surface area contributed by atoms with E-state index in [1.54, 1.807) is 0 Å². The van der Waals surface area contributed by atoms with Gasteiger partial charge >= 0.3 is 5.97 Å². The first-order chi connectivity index (χ1) is 18.9. The van der Waals surface area contributed by atoms with E-state index in [1.807, 2.05) is 6.92 Å². The molecule has 0 aliphatic rings. The van der Waals surface area contributed by atoms with Gasteiger partial charge in [-0.2, -0.15) is 0 Å². The number of unbranched alkanes of at least 4 members (excludes halogenated alkanes) is 15. The highest BCUT2D eigenvalue weighted by atomic mass is 16.5. The summed E-state index contributed by atoms with van der Waals surface area (Å²) in [5.74, 6) is 0.192. The van der Waals surface area contributed by atoms with E-state index < -0.39 is 0 Å². The predicted molar refractivity (Wildman–Crippen MR) is 173 cm³/mol. The summed E-state index contributed by atoms with van der Waals surface area (Å²) in [6.07, 6.45) is 23.2. The Morgan fingerprint density at radius 1 is 0.675 bits per heavy atom. The molecule has 1 rings (SSSR count). The monoisotopic (exact) mass is 559 g/mol. The maximum atomic E-state index is 12.9. The molecular formula is C37H66O3. The lowest BCUT2D eigenvalue weighted by molar-refractivity contribution is -0.148. The van der Waals surface area contributed by atoms with Crippen LogP contribution in [0.2, 0.25) is 0 Å². The molecule has 0 aliphatic carbocycles. The Hall–Kier alpha value is -1.51. The summed E-state index contributed by atoms with van der Waals surface area (Å²) >= 11 is 0. The zero-order chi connectivity index (χ0) is 30.0. The summed E-state index contributed by atoms with van der Waals surface area (Å²) in [4.78, 5) is 12.9. The van der Waals surface area contributed by atoms with Crippen LogP contribution in [0.3, 0.4) is 0 Å². The number of phenols is 1. The third-order valence-corrected chi connectivity index (χ3v) is 8.29. The molecule has 1 aromatic carbocycles. The Bertz CT molecular complexity index is 777. The van der Waals surface area contributed by atoms with E-state index in [9.17, 15) is 9.90 Å². The quantitative estimate of drug-likeness (QED) is 0.120. The number of esters is 1. The summed E-state index contributed by atoms with van der Waals surface area (Å²) in [7, 11) is 0. The van der Waals surface area contributed by atoms with Crippen LogP contribution < -0.4 is 0 Å². The van der Waals surface area contributed by atoms with Crippen molar-refractivity contribution < 1.29 is 14.6 Å². The average molecular weight is 559 g/mol. The SMILES string of the molecule is CCCCCCCCCCCCCCCCCCC(Cc1cc(C(C)(C)C)c(O)c(C(C)(C)C)c1)C(=O)OCC. The van der Waals surface area contributed by atoms with Crippen molar-refractivity contribution in [2.24, 2.45) is 5.92 Å². The Balaban J connectivity index is 2.47. The van der Waals surface area contributed by atoms with Gasteiger partial charge in [-0.15, -0.1) is 0 Å².